The molecule has 0 spiro atoms. The van der Waals surface area contributed by atoms with Crippen LogP contribution in [0.15, 0.2) is 11.1 Å². The van der Waals surface area contributed by atoms with E-state index in [4.69, 9.17) is 4.74 Å². The second kappa shape index (κ2) is 8.18. The number of fused-ring (bicyclic) bond motifs is 7. The van der Waals surface area contributed by atoms with Crippen molar-refractivity contribution in [2.24, 2.45) is 50.7 Å². The van der Waals surface area contributed by atoms with E-state index in [1.54, 1.807) is 0 Å². The molecule has 5 aliphatic carbocycles. The average molecular weight is 513 g/mol. The summed E-state index contributed by atoms with van der Waals surface area (Å²) < 4.78 is 5.86. The van der Waals surface area contributed by atoms with Crippen LogP contribution in [0.25, 0.3) is 0 Å². The van der Waals surface area contributed by atoms with Gasteiger partial charge in [-0.3, -0.25) is 14.4 Å². The van der Waals surface area contributed by atoms with Crippen molar-refractivity contribution < 1.29 is 24.2 Å². The predicted octanol–water partition coefficient (Wildman–Crippen LogP) is 6.98. The highest BCUT2D eigenvalue weighted by molar-refractivity contribution is 6.05. The smallest absolute Gasteiger partial charge is 0.314 e. The molecule has 0 amide bonds. The molecular weight excluding hydrogens is 464 g/mol. The summed E-state index contributed by atoms with van der Waals surface area (Å²) >= 11 is 0. The molecule has 0 heterocycles. The van der Waals surface area contributed by atoms with Gasteiger partial charge in [-0.15, -0.1) is 0 Å². The Balaban J connectivity index is 1.57. The van der Waals surface area contributed by atoms with Gasteiger partial charge in [-0.05, 0) is 102 Å². The molecule has 0 aromatic rings. The van der Waals surface area contributed by atoms with E-state index >= 15 is 0 Å². The van der Waals surface area contributed by atoms with Gasteiger partial charge in [0.05, 0.1) is 5.41 Å². The molecular formula is C32H48O5. The molecule has 37 heavy (non-hydrogen) atoms. The number of aliphatic carboxylic acids is 1. The number of hydrogen-bond donors (Lipinski definition) is 1. The summed E-state index contributed by atoms with van der Waals surface area (Å²) in [5, 5.41) is 10.5. The molecule has 1 N–H and O–H groups in total. The molecule has 4 fully saturated rings. The van der Waals surface area contributed by atoms with Crippen LogP contribution in [0.3, 0.4) is 0 Å². The Bertz CT molecular complexity index is 1070. The lowest BCUT2D eigenvalue weighted by Gasteiger charge is -2.72. The van der Waals surface area contributed by atoms with E-state index in [1.165, 1.54) is 6.92 Å². The van der Waals surface area contributed by atoms with Gasteiger partial charge in [-0.25, -0.2) is 0 Å². The van der Waals surface area contributed by atoms with E-state index in [0.29, 0.717) is 18.3 Å². The maximum absolute atomic E-state index is 13.3. The van der Waals surface area contributed by atoms with Gasteiger partial charge in [0.2, 0.25) is 0 Å². The third kappa shape index (κ3) is 3.30. The Morgan fingerprint density at radius 2 is 1.57 bits per heavy atom. The number of esters is 1. The number of Topliss-reactive ketones (excluding diaryl/α,β-unsaturated/α-hetero) is 1. The Hall–Kier alpha value is -1.65. The quantitative estimate of drug-likeness (QED) is 0.413. The Labute approximate surface area is 223 Å². The monoisotopic (exact) mass is 512 g/mol. The number of carboxylic acids is 1. The van der Waals surface area contributed by atoms with Crippen LogP contribution in [0.1, 0.15) is 113 Å². The molecule has 0 aromatic carbocycles. The second-order valence-electron chi connectivity index (χ2n) is 15.0. The van der Waals surface area contributed by atoms with Crippen molar-refractivity contribution in [1.29, 1.82) is 0 Å². The van der Waals surface area contributed by atoms with Crippen molar-refractivity contribution in [3.8, 4) is 0 Å². The SMILES string of the molecule is CC(=O)OC1CCC2(C)C(CCC3(C)C2CCC2C4=C(C(C)C)C(=O)C[C@@]4(C(=O)O)CCC23C)C1(C)C. The van der Waals surface area contributed by atoms with Gasteiger partial charge in [0.25, 0.3) is 0 Å². The minimum absolute atomic E-state index is 0.0280. The summed E-state index contributed by atoms with van der Waals surface area (Å²) in [6, 6.07) is 0. The van der Waals surface area contributed by atoms with Gasteiger partial charge in [-0.1, -0.05) is 48.5 Å². The molecule has 0 saturated heterocycles. The van der Waals surface area contributed by atoms with Crippen LogP contribution in [0, 0.1) is 50.7 Å². The normalized spacial score (nSPS) is 46.6. The van der Waals surface area contributed by atoms with Crippen molar-refractivity contribution >= 4 is 17.7 Å². The highest BCUT2D eigenvalue weighted by atomic mass is 16.5. The first kappa shape index (κ1) is 26.9. The zero-order chi connectivity index (χ0) is 27.3. The number of ketones is 1. The number of carbonyl (C=O) groups is 3. The zero-order valence-electron chi connectivity index (χ0n) is 24.3. The van der Waals surface area contributed by atoms with E-state index in [0.717, 1.165) is 56.1 Å². The molecule has 5 aliphatic rings. The zero-order valence-corrected chi connectivity index (χ0v) is 24.3. The number of carboxylic acid groups (broad SMARTS) is 1. The maximum atomic E-state index is 13.3. The third-order valence-corrected chi connectivity index (χ3v) is 13.1. The average Bonchev–Trinajstić information content (AvgIpc) is 3.09. The number of rotatable bonds is 3. The second-order valence-corrected chi connectivity index (χ2v) is 15.0. The van der Waals surface area contributed by atoms with E-state index in [-0.39, 0.29) is 57.8 Å². The van der Waals surface area contributed by atoms with Gasteiger partial charge < -0.3 is 9.84 Å². The highest BCUT2D eigenvalue weighted by Crippen LogP contribution is 2.76. The van der Waals surface area contributed by atoms with Crippen LogP contribution in [0.4, 0.5) is 0 Å². The van der Waals surface area contributed by atoms with Crippen LogP contribution in [-0.4, -0.2) is 28.9 Å². The number of hydrogen-bond acceptors (Lipinski definition) is 4. The van der Waals surface area contributed by atoms with Crippen molar-refractivity contribution in [3.63, 3.8) is 0 Å². The number of allylic oxidation sites excluding steroid dienone is 1. The maximum Gasteiger partial charge on any atom is 0.314 e. The van der Waals surface area contributed by atoms with Crippen LogP contribution in [0.2, 0.25) is 0 Å². The highest BCUT2D eigenvalue weighted by Gasteiger charge is 2.71. The molecule has 7 unspecified atom stereocenters. The number of carbonyl (C=O) groups excluding carboxylic acids is 2. The first-order chi connectivity index (χ1) is 17.1. The van der Waals surface area contributed by atoms with E-state index in [1.807, 2.05) is 0 Å². The molecule has 0 bridgehead atoms. The fraction of sp³-hybridized carbons (Fsp3) is 0.844. The first-order valence-corrected chi connectivity index (χ1v) is 14.7. The Kier molecular flexibility index (Phi) is 5.95. The van der Waals surface area contributed by atoms with Crippen LogP contribution < -0.4 is 0 Å². The van der Waals surface area contributed by atoms with Crippen molar-refractivity contribution in [1.82, 2.24) is 0 Å². The van der Waals surface area contributed by atoms with Crippen LogP contribution >= 0.6 is 0 Å². The van der Waals surface area contributed by atoms with E-state index in [9.17, 15) is 19.5 Å². The topological polar surface area (TPSA) is 80.7 Å². The Morgan fingerprint density at radius 1 is 0.892 bits per heavy atom. The molecule has 5 heteroatoms. The summed E-state index contributed by atoms with van der Waals surface area (Å²) in [6.45, 7) is 17.7. The van der Waals surface area contributed by atoms with E-state index in [2.05, 4.69) is 48.5 Å². The fourth-order valence-electron chi connectivity index (χ4n) is 11.3. The van der Waals surface area contributed by atoms with Crippen LogP contribution in [-0.2, 0) is 19.1 Å². The number of ether oxygens (including phenoxy) is 1. The molecule has 0 aromatic heterocycles. The lowest BCUT2D eigenvalue weighted by atomic mass is 9.33. The summed E-state index contributed by atoms with van der Waals surface area (Å²) in [4.78, 5) is 38.0. The van der Waals surface area contributed by atoms with Gasteiger partial charge >= 0.3 is 11.9 Å². The standard InChI is InChI=1S/C32H48O5/c1-18(2)25-21(34)17-32(27(35)36)16-15-30(7)20(26(25)32)9-10-23-29(6)13-12-24(37-19(3)33)28(4,5)22(29)11-14-31(23,30)8/h18,20,22-24H,9-17H2,1-8H3,(H,35,36)/t20?,22?,23?,24?,29?,30?,31?,32-/m0/s1. The summed E-state index contributed by atoms with van der Waals surface area (Å²) in [5.41, 5.74) is 0.992. The van der Waals surface area contributed by atoms with Crippen LogP contribution in [0.5, 0.6) is 0 Å². The van der Waals surface area contributed by atoms with Gasteiger partial charge in [-0.2, -0.15) is 0 Å². The molecule has 206 valence electrons. The molecule has 5 rings (SSSR count). The van der Waals surface area contributed by atoms with Crippen molar-refractivity contribution in [2.75, 3.05) is 0 Å². The van der Waals surface area contributed by atoms with Gasteiger partial charge in [0.15, 0.2) is 5.78 Å². The Morgan fingerprint density at radius 3 is 2.16 bits per heavy atom. The molecule has 0 aliphatic heterocycles. The van der Waals surface area contributed by atoms with Crippen molar-refractivity contribution in [3.05, 3.63) is 11.1 Å². The van der Waals surface area contributed by atoms with Gasteiger partial charge in [0, 0.05) is 18.8 Å². The van der Waals surface area contributed by atoms with E-state index < -0.39 is 11.4 Å². The van der Waals surface area contributed by atoms with Crippen molar-refractivity contribution in [2.45, 2.75) is 119 Å². The third-order valence-electron chi connectivity index (χ3n) is 13.1. The molecule has 4 saturated carbocycles. The summed E-state index contributed by atoms with van der Waals surface area (Å²) in [7, 11) is 0. The minimum atomic E-state index is -0.991. The van der Waals surface area contributed by atoms with Gasteiger partial charge in [0.1, 0.15) is 6.10 Å². The predicted molar refractivity (Wildman–Crippen MR) is 143 cm³/mol. The lowest BCUT2D eigenvalue weighted by Crippen LogP contribution is -2.66. The summed E-state index contributed by atoms with van der Waals surface area (Å²) in [6.07, 6.45) is 7.82. The molecule has 0 radical (unpaired) electrons. The fourth-order valence-corrected chi connectivity index (χ4v) is 11.3. The minimum Gasteiger partial charge on any atom is -0.481 e. The lowest BCUT2D eigenvalue weighted by molar-refractivity contribution is -0.233. The first-order valence-electron chi connectivity index (χ1n) is 14.7. The molecule has 8 atom stereocenters. The largest absolute Gasteiger partial charge is 0.481 e. The molecule has 5 nitrogen and oxygen atoms in total. The summed E-state index contributed by atoms with van der Waals surface area (Å²) in [5.74, 6) is 0.341.